The van der Waals surface area contributed by atoms with Crippen LogP contribution in [0.2, 0.25) is 0 Å². The molecule has 0 aliphatic rings. The molecule has 0 fully saturated rings. The zero-order chi connectivity index (χ0) is 12.0. The van der Waals surface area contributed by atoms with Crippen molar-refractivity contribution in [2.24, 2.45) is 5.92 Å². The number of halogens is 1. The van der Waals surface area contributed by atoms with Gasteiger partial charge in [0, 0.05) is 4.47 Å². The lowest BCUT2D eigenvalue weighted by Gasteiger charge is -2.11. The van der Waals surface area contributed by atoms with Gasteiger partial charge in [0.05, 0.1) is 12.5 Å². The highest BCUT2D eigenvalue weighted by atomic mass is 79.9. The molecule has 0 spiro atoms. The number of ether oxygens (including phenoxy) is 2. The summed E-state index contributed by atoms with van der Waals surface area (Å²) in [4.78, 5) is 11.3. The van der Waals surface area contributed by atoms with Gasteiger partial charge in [-0.3, -0.25) is 4.79 Å². The molecule has 1 aromatic rings. The number of benzene rings is 1. The van der Waals surface area contributed by atoms with Gasteiger partial charge in [0.1, 0.15) is 12.4 Å². The third-order valence-electron chi connectivity index (χ3n) is 2.00. The van der Waals surface area contributed by atoms with Gasteiger partial charge >= 0.3 is 5.97 Å². The molecule has 0 aliphatic heterocycles. The van der Waals surface area contributed by atoms with Crippen molar-refractivity contribution in [2.45, 2.75) is 13.8 Å². The molecule has 16 heavy (non-hydrogen) atoms. The van der Waals surface area contributed by atoms with Crippen LogP contribution in [0, 0.1) is 5.92 Å². The van der Waals surface area contributed by atoms with E-state index in [0.717, 1.165) is 10.2 Å². The predicted molar refractivity (Wildman–Crippen MR) is 65.4 cm³/mol. The maximum Gasteiger partial charge on any atom is 0.312 e. The maximum atomic E-state index is 11.3. The van der Waals surface area contributed by atoms with E-state index in [2.05, 4.69) is 15.9 Å². The van der Waals surface area contributed by atoms with Crippen LogP contribution in [0.3, 0.4) is 0 Å². The predicted octanol–water partition coefficient (Wildman–Crippen LogP) is 3.03. The fourth-order valence-electron chi connectivity index (χ4n) is 1.10. The number of hydrogen-bond acceptors (Lipinski definition) is 3. The maximum absolute atomic E-state index is 11.3. The summed E-state index contributed by atoms with van der Waals surface area (Å²) in [5.41, 5.74) is 0. The zero-order valence-corrected chi connectivity index (χ0v) is 11.0. The van der Waals surface area contributed by atoms with Crippen molar-refractivity contribution in [1.29, 1.82) is 0 Å². The lowest BCUT2D eigenvalue weighted by atomic mass is 10.2. The van der Waals surface area contributed by atoms with Crippen molar-refractivity contribution < 1.29 is 14.3 Å². The fourth-order valence-corrected chi connectivity index (χ4v) is 1.37. The van der Waals surface area contributed by atoms with E-state index >= 15 is 0 Å². The van der Waals surface area contributed by atoms with Crippen LogP contribution in [0.25, 0.3) is 0 Å². The van der Waals surface area contributed by atoms with Crippen LogP contribution in [0.5, 0.6) is 5.75 Å². The molecule has 3 nitrogen and oxygen atoms in total. The average Bonchev–Trinajstić information content (AvgIpc) is 2.28. The van der Waals surface area contributed by atoms with E-state index in [-0.39, 0.29) is 11.9 Å². The first-order chi connectivity index (χ1) is 7.63. The Morgan fingerprint density at radius 2 is 2.00 bits per heavy atom. The summed E-state index contributed by atoms with van der Waals surface area (Å²) in [6, 6.07) is 7.48. The summed E-state index contributed by atoms with van der Waals surface area (Å²) in [5.74, 6) is 0.280. The minimum atomic E-state index is -0.247. The Hall–Kier alpha value is -1.03. The second kappa shape index (κ2) is 6.53. The molecule has 88 valence electrons. The molecular formula is C12H15BrO3. The number of esters is 1. The van der Waals surface area contributed by atoms with E-state index < -0.39 is 0 Å². The molecule has 1 aromatic carbocycles. The van der Waals surface area contributed by atoms with Crippen LogP contribution in [0.1, 0.15) is 13.8 Å². The summed E-state index contributed by atoms with van der Waals surface area (Å²) in [5, 5.41) is 0. The van der Waals surface area contributed by atoms with Gasteiger partial charge in [-0.25, -0.2) is 0 Å². The Morgan fingerprint density at radius 3 is 2.56 bits per heavy atom. The quantitative estimate of drug-likeness (QED) is 0.781. The van der Waals surface area contributed by atoms with Crippen LogP contribution in [-0.2, 0) is 9.53 Å². The highest BCUT2D eigenvalue weighted by Gasteiger charge is 2.14. The van der Waals surface area contributed by atoms with Crippen molar-refractivity contribution in [3.63, 3.8) is 0 Å². The van der Waals surface area contributed by atoms with Crippen LogP contribution >= 0.6 is 15.9 Å². The van der Waals surface area contributed by atoms with Gasteiger partial charge in [0.15, 0.2) is 0 Å². The highest BCUT2D eigenvalue weighted by molar-refractivity contribution is 9.10. The number of rotatable bonds is 5. The Kier molecular flexibility index (Phi) is 5.32. The summed E-state index contributed by atoms with van der Waals surface area (Å²) in [6.07, 6.45) is 0. The van der Waals surface area contributed by atoms with E-state index in [4.69, 9.17) is 9.47 Å². The minimum absolute atomic E-state index is 0.223. The van der Waals surface area contributed by atoms with Crippen molar-refractivity contribution in [1.82, 2.24) is 0 Å². The van der Waals surface area contributed by atoms with Crippen LogP contribution in [0.15, 0.2) is 28.7 Å². The molecular weight excluding hydrogens is 272 g/mol. The lowest BCUT2D eigenvalue weighted by Crippen LogP contribution is -2.21. The minimum Gasteiger partial charge on any atom is -0.493 e. The van der Waals surface area contributed by atoms with Crippen molar-refractivity contribution in [3.05, 3.63) is 28.7 Å². The van der Waals surface area contributed by atoms with E-state index in [1.54, 1.807) is 13.8 Å². The first-order valence-corrected chi connectivity index (χ1v) is 5.97. The monoisotopic (exact) mass is 286 g/mol. The SMILES string of the molecule is CCOC(=O)[C@H](C)COc1ccc(Br)cc1. The Bertz CT molecular complexity index is 335. The Balaban J connectivity index is 2.39. The van der Waals surface area contributed by atoms with Crippen molar-refractivity contribution in [3.8, 4) is 5.75 Å². The smallest absolute Gasteiger partial charge is 0.312 e. The van der Waals surface area contributed by atoms with Crippen LogP contribution in [-0.4, -0.2) is 19.2 Å². The Morgan fingerprint density at radius 1 is 1.38 bits per heavy atom. The topological polar surface area (TPSA) is 35.5 Å². The lowest BCUT2D eigenvalue weighted by molar-refractivity contribution is -0.148. The largest absolute Gasteiger partial charge is 0.493 e. The molecule has 0 heterocycles. The molecule has 0 saturated carbocycles. The van der Waals surface area contributed by atoms with Crippen molar-refractivity contribution in [2.75, 3.05) is 13.2 Å². The summed E-state index contributed by atoms with van der Waals surface area (Å²) in [7, 11) is 0. The van der Waals surface area contributed by atoms with Gasteiger partial charge < -0.3 is 9.47 Å². The number of carbonyl (C=O) groups excluding carboxylic acids is 1. The van der Waals surface area contributed by atoms with Gasteiger partial charge in [-0.1, -0.05) is 15.9 Å². The number of carbonyl (C=O) groups is 1. The highest BCUT2D eigenvalue weighted by Crippen LogP contribution is 2.16. The van der Waals surface area contributed by atoms with E-state index in [1.807, 2.05) is 24.3 Å². The normalized spacial score (nSPS) is 11.9. The number of hydrogen-bond donors (Lipinski definition) is 0. The standard InChI is InChI=1S/C12H15BrO3/c1-3-15-12(14)9(2)8-16-11-6-4-10(13)5-7-11/h4-7,9H,3,8H2,1-2H3/t9-/m1/s1. The molecule has 0 aromatic heterocycles. The second-order valence-electron chi connectivity index (χ2n) is 3.42. The molecule has 0 unspecified atom stereocenters. The third-order valence-corrected chi connectivity index (χ3v) is 2.53. The fraction of sp³-hybridized carbons (Fsp3) is 0.417. The van der Waals surface area contributed by atoms with Gasteiger partial charge in [-0.15, -0.1) is 0 Å². The first kappa shape index (κ1) is 13.0. The van der Waals surface area contributed by atoms with Gasteiger partial charge in [0.25, 0.3) is 0 Å². The van der Waals surface area contributed by atoms with E-state index in [9.17, 15) is 4.79 Å². The van der Waals surface area contributed by atoms with Crippen molar-refractivity contribution >= 4 is 21.9 Å². The molecule has 0 N–H and O–H groups in total. The third kappa shape index (κ3) is 4.23. The van der Waals surface area contributed by atoms with Crippen LogP contribution < -0.4 is 4.74 Å². The second-order valence-corrected chi connectivity index (χ2v) is 4.33. The molecule has 0 amide bonds. The Labute approximate surface area is 104 Å². The van der Waals surface area contributed by atoms with E-state index in [0.29, 0.717) is 13.2 Å². The van der Waals surface area contributed by atoms with Gasteiger partial charge in [-0.05, 0) is 38.1 Å². The van der Waals surface area contributed by atoms with Gasteiger partial charge in [0.2, 0.25) is 0 Å². The summed E-state index contributed by atoms with van der Waals surface area (Å²) < 4.78 is 11.4. The molecule has 4 heteroatoms. The average molecular weight is 287 g/mol. The molecule has 0 saturated heterocycles. The van der Waals surface area contributed by atoms with Gasteiger partial charge in [-0.2, -0.15) is 0 Å². The van der Waals surface area contributed by atoms with E-state index in [1.165, 1.54) is 0 Å². The molecule has 1 rings (SSSR count). The zero-order valence-electron chi connectivity index (χ0n) is 9.40. The molecule has 1 atom stereocenters. The van der Waals surface area contributed by atoms with Crippen LogP contribution in [0.4, 0.5) is 0 Å². The summed E-state index contributed by atoms with van der Waals surface area (Å²) >= 11 is 3.34. The molecule has 0 bridgehead atoms. The first-order valence-electron chi connectivity index (χ1n) is 5.18. The summed E-state index contributed by atoms with van der Waals surface area (Å²) in [6.45, 7) is 4.32. The molecule has 0 aliphatic carbocycles. The molecule has 0 radical (unpaired) electrons.